The maximum absolute atomic E-state index is 10.7. The van der Waals surface area contributed by atoms with E-state index in [2.05, 4.69) is 45.2 Å². The van der Waals surface area contributed by atoms with E-state index in [0.29, 0.717) is 15.1 Å². The fourth-order valence-electron chi connectivity index (χ4n) is 1.63. The molecule has 0 amide bonds. The predicted octanol–water partition coefficient (Wildman–Crippen LogP) is 4.63. The number of phenols is 1. The van der Waals surface area contributed by atoms with Crippen LogP contribution in [0, 0.1) is 10.7 Å². The summed E-state index contributed by atoms with van der Waals surface area (Å²) in [6, 6.07) is 8.70. The number of halogens is 3. The summed E-state index contributed by atoms with van der Waals surface area (Å²) in [4.78, 5) is 10.7. The molecule has 7 heteroatoms. The fourth-order valence-corrected chi connectivity index (χ4v) is 3.32. The van der Waals surface area contributed by atoms with Gasteiger partial charge in [0.1, 0.15) is 17.2 Å². The van der Waals surface area contributed by atoms with Crippen molar-refractivity contribution < 1.29 is 19.7 Å². The quantitative estimate of drug-likeness (QED) is 0.489. The average molecular weight is 622 g/mol. The van der Waals surface area contributed by atoms with Crippen LogP contribution in [0.25, 0.3) is 0 Å². The number of aliphatic carboxylic acids is 1. The molecule has 0 aliphatic rings. The van der Waals surface area contributed by atoms with Crippen LogP contribution in [0.15, 0.2) is 30.3 Å². The highest BCUT2D eigenvalue weighted by molar-refractivity contribution is 14.1. The highest BCUT2D eigenvalue weighted by atomic mass is 127. The summed E-state index contributed by atoms with van der Waals surface area (Å²) in [5.41, 5.74) is 0.731. The Hall–Kier alpha value is -0.300. The monoisotopic (exact) mass is 622 g/mol. The summed E-state index contributed by atoms with van der Waals surface area (Å²) in [7, 11) is 0. The molecule has 0 heterocycles. The van der Waals surface area contributed by atoms with Gasteiger partial charge in [-0.15, -0.1) is 0 Å². The first-order valence-corrected chi connectivity index (χ1v) is 8.96. The Morgan fingerprint density at radius 3 is 2.29 bits per heavy atom. The van der Waals surface area contributed by atoms with Crippen molar-refractivity contribution in [2.75, 3.05) is 0 Å². The molecule has 4 nitrogen and oxygen atoms in total. The Labute approximate surface area is 162 Å². The van der Waals surface area contributed by atoms with Gasteiger partial charge in [-0.2, -0.15) is 0 Å². The van der Waals surface area contributed by atoms with Crippen LogP contribution in [-0.4, -0.2) is 16.2 Å². The molecule has 0 spiro atoms. The van der Waals surface area contributed by atoms with Crippen molar-refractivity contribution in [2.24, 2.45) is 0 Å². The molecule has 0 atom stereocenters. The molecular weight excluding hydrogens is 613 g/mol. The van der Waals surface area contributed by atoms with Gasteiger partial charge in [-0.25, -0.2) is 0 Å². The van der Waals surface area contributed by atoms with Crippen molar-refractivity contribution in [3.63, 3.8) is 0 Å². The van der Waals surface area contributed by atoms with Gasteiger partial charge in [0.2, 0.25) is 0 Å². The first kappa shape index (κ1) is 17.1. The molecule has 0 saturated heterocycles. The highest BCUT2D eigenvalue weighted by Gasteiger charge is 2.11. The lowest BCUT2D eigenvalue weighted by atomic mass is 10.1. The van der Waals surface area contributed by atoms with E-state index in [1.807, 2.05) is 22.6 Å². The van der Waals surface area contributed by atoms with Crippen LogP contribution < -0.4 is 4.74 Å². The predicted molar refractivity (Wildman–Crippen MR) is 104 cm³/mol. The number of aromatic hydroxyl groups is 1. The minimum atomic E-state index is -0.859. The zero-order valence-corrected chi connectivity index (χ0v) is 16.9. The van der Waals surface area contributed by atoms with Gasteiger partial charge in [-0.05, 0) is 97.6 Å². The summed E-state index contributed by atoms with van der Waals surface area (Å²) in [6.45, 7) is 0. The van der Waals surface area contributed by atoms with E-state index in [-0.39, 0.29) is 12.2 Å². The van der Waals surface area contributed by atoms with E-state index < -0.39 is 5.97 Å². The van der Waals surface area contributed by atoms with E-state index >= 15 is 0 Å². The van der Waals surface area contributed by atoms with Gasteiger partial charge >= 0.3 is 5.97 Å². The van der Waals surface area contributed by atoms with E-state index in [9.17, 15) is 9.90 Å². The minimum Gasteiger partial charge on any atom is -0.507 e. The van der Waals surface area contributed by atoms with Crippen molar-refractivity contribution in [3.8, 4) is 17.2 Å². The SMILES string of the molecule is O=C(O)Cc1ccc(Oc2cc(I)c(O)cc2I)c(I)c1. The molecule has 0 unspecified atom stereocenters. The molecule has 21 heavy (non-hydrogen) atoms. The summed E-state index contributed by atoms with van der Waals surface area (Å²) in [6.07, 6.45) is -0.00900. The second kappa shape index (κ2) is 7.31. The first-order valence-electron chi connectivity index (χ1n) is 5.73. The third kappa shape index (κ3) is 4.58. The van der Waals surface area contributed by atoms with Gasteiger partial charge in [0.15, 0.2) is 0 Å². The maximum atomic E-state index is 10.7. The topological polar surface area (TPSA) is 66.8 Å². The average Bonchev–Trinajstić information content (AvgIpc) is 2.38. The molecule has 2 aromatic carbocycles. The Bertz CT molecular complexity index is 701. The molecule has 0 bridgehead atoms. The third-order valence-corrected chi connectivity index (χ3v) is 5.12. The number of carbonyl (C=O) groups is 1. The zero-order chi connectivity index (χ0) is 15.6. The van der Waals surface area contributed by atoms with E-state index in [4.69, 9.17) is 9.84 Å². The van der Waals surface area contributed by atoms with Crippen molar-refractivity contribution in [3.05, 3.63) is 46.6 Å². The number of benzene rings is 2. The Morgan fingerprint density at radius 1 is 1.00 bits per heavy atom. The summed E-state index contributed by atoms with van der Waals surface area (Å²) >= 11 is 6.25. The van der Waals surface area contributed by atoms with Crippen LogP contribution in [0.3, 0.4) is 0 Å². The second-order valence-corrected chi connectivity index (χ2v) is 7.66. The number of phenolic OH excluding ortho intramolecular Hbond substituents is 1. The molecular formula is C14H9I3O4. The van der Waals surface area contributed by atoms with Crippen LogP contribution in [0.4, 0.5) is 0 Å². The number of hydrogen-bond acceptors (Lipinski definition) is 3. The molecule has 0 saturated carbocycles. The molecule has 0 aliphatic heterocycles. The molecule has 0 radical (unpaired) electrons. The Kier molecular flexibility index (Phi) is 5.94. The summed E-state index contributed by atoms with van der Waals surface area (Å²) in [5.74, 6) is 0.673. The number of carboxylic acids is 1. The zero-order valence-electron chi connectivity index (χ0n) is 10.4. The summed E-state index contributed by atoms with van der Waals surface area (Å²) < 4.78 is 8.21. The van der Waals surface area contributed by atoms with Gasteiger partial charge < -0.3 is 14.9 Å². The van der Waals surface area contributed by atoms with Crippen molar-refractivity contribution >= 4 is 73.7 Å². The molecule has 0 aromatic heterocycles. The minimum absolute atomic E-state index is 0.00900. The Morgan fingerprint density at radius 2 is 1.67 bits per heavy atom. The van der Waals surface area contributed by atoms with E-state index in [0.717, 1.165) is 12.7 Å². The van der Waals surface area contributed by atoms with Gasteiger partial charge in [0, 0.05) is 0 Å². The first-order chi connectivity index (χ1) is 9.86. The van der Waals surface area contributed by atoms with Gasteiger partial charge in [0.05, 0.1) is 17.1 Å². The number of hydrogen-bond donors (Lipinski definition) is 2. The van der Waals surface area contributed by atoms with Crippen LogP contribution in [0.5, 0.6) is 17.2 Å². The largest absolute Gasteiger partial charge is 0.507 e. The van der Waals surface area contributed by atoms with Crippen LogP contribution in [0.1, 0.15) is 5.56 Å². The lowest BCUT2D eigenvalue weighted by molar-refractivity contribution is -0.136. The number of ether oxygens (including phenoxy) is 1. The molecule has 2 rings (SSSR count). The summed E-state index contributed by atoms with van der Waals surface area (Å²) in [5, 5.41) is 18.4. The van der Waals surface area contributed by atoms with Crippen molar-refractivity contribution in [2.45, 2.75) is 6.42 Å². The van der Waals surface area contributed by atoms with Crippen LogP contribution in [0.2, 0.25) is 0 Å². The maximum Gasteiger partial charge on any atom is 0.307 e. The van der Waals surface area contributed by atoms with E-state index in [1.54, 1.807) is 30.3 Å². The molecule has 0 aliphatic carbocycles. The molecule has 2 N–H and O–H groups in total. The van der Waals surface area contributed by atoms with Crippen LogP contribution in [-0.2, 0) is 11.2 Å². The van der Waals surface area contributed by atoms with Crippen molar-refractivity contribution in [1.82, 2.24) is 0 Å². The molecule has 2 aromatic rings. The van der Waals surface area contributed by atoms with Gasteiger partial charge in [0.25, 0.3) is 0 Å². The molecule has 110 valence electrons. The third-order valence-electron chi connectivity index (χ3n) is 2.57. The smallest absolute Gasteiger partial charge is 0.307 e. The number of rotatable bonds is 4. The lowest BCUT2D eigenvalue weighted by Crippen LogP contribution is -2.00. The standard InChI is InChI=1S/C14H9I3O4/c15-8-6-13(10(17)5-11(8)18)21-12-2-1-7(3-9(12)16)4-14(19)20/h1-3,5-6,18H,4H2,(H,19,20). The van der Waals surface area contributed by atoms with E-state index in [1.165, 1.54) is 0 Å². The second-order valence-electron chi connectivity index (χ2n) is 4.17. The van der Waals surface area contributed by atoms with Gasteiger partial charge in [-0.3, -0.25) is 4.79 Å². The lowest BCUT2D eigenvalue weighted by Gasteiger charge is -2.11. The normalized spacial score (nSPS) is 10.4. The highest BCUT2D eigenvalue weighted by Crippen LogP contribution is 2.35. The molecule has 0 fully saturated rings. The van der Waals surface area contributed by atoms with Crippen LogP contribution >= 0.6 is 67.8 Å². The Balaban J connectivity index is 2.28. The van der Waals surface area contributed by atoms with Crippen molar-refractivity contribution in [1.29, 1.82) is 0 Å². The fraction of sp³-hybridized carbons (Fsp3) is 0.0714. The number of carboxylic acid groups (broad SMARTS) is 1. The van der Waals surface area contributed by atoms with Gasteiger partial charge in [-0.1, -0.05) is 6.07 Å².